The van der Waals surface area contributed by atoms with Crippen molar-refractivity contribution in [2.24, 2.45) is 5.92 Å². The van der Waals surface area contributed by atoms with E-state index in [1.165, 1.54) is 0 Å². The molecule has 2 aromatic rings. The predicted octanol–water partition coefficient (Wildman–Crippen LogP) is 2.22. The van der Waals surface area contributed by atoms with E-state index < -0.39 is 0 Å². The Morgan fingerprint density at radius 2 is 2.11 bits per heavy atom. The third kappa shape index (κ3) is 2.70. The van der Waals surface area contributed by atoms with Crippen LogP contribution >= 0.6 is 0 Å². The smallest absolute Gasteiger partial charge is 0.228 e. The summed E-state index contributed by atoms with van der Waals surface area (Å²) in [6.45, 7) is 5.00. The van der Waals surface area contributed by atoms with Crippen molar-refractivity contribution in [1.29, 1.82) is 0 Å². The fraction of sp³-hybridized carbons (Fsp3) is 0.429. The second kappa shape index (κ2) is 5.21. The molecule has 4 heteroatoms. The first kappa shape index (κ1) is 12.6. The lowest BCUT2D eigenvalue weighted by molar-refractivity contribution is -0.129. The van der Waals surface area contributed by atoms with Crippen LogP contribution in [0.25, 0.3) is 10.9 Å². The van der Waals surface area contributed by atoms with Gasteiger partial charge in [-0.2, -0.15) is 5.10 Å². The van der Waals surface area contributed by atoms with E-state index in [-0.39, 0.29) is 5.91 Å². The maximum absolute atomic E-state index is 12.1. The maximum atomic E-state index is 12.1. The Hall–Kier alpha value is -1.84. The standard InChI is InChI=1S/C14H19N3O/c1-10(2)9-17(3)14(18)8-13-11-6-4-5-7-12(11)15-16-13/h4-7,10H,8-9H2,1-3H3,(H,15,16). The van der Waals surface area contributed by atoms with E-state index in [2.05, 4.69) is 24.0 Å². The number of carbonyl (C=O) groups excluding carboxylic acids is 1. The van der Waals surface area contributed by atoms with Crippen molar-refractivity contribution in [3.8, 4) is 0 Å². The van der Waals surface area contributed by atoms with E-state index in [0.717, 1.165) is 23.1 Å². The number of aromatic nitrogens is 2. The summed E-state index contributed by atoms with van der Waals surface area (Å²) in [6, 6.07) is 7.84. The molecule has 1 N–H and O–H groups in total. The van der Waals surface area contributed by atoms with Crippen molar-refractivity contribution in [2.75, 3.05) is 13.6 Å². The SMILES string of the molecule is CC(C)CN(C)C(=O)Cc1[nH]nc2ccccc12. The molecule has 0 unspecified atom stereocenters. The highest BCUT2D eigenvalue weighted by Crippen LogP contribution is 2.16. The molecule has 0 spiro atoms. The number of H-pyrrole nitrogens is 1. The van der Waals surface area contributed by atoms with Gasteiger partial charge in [0.25, 0.3) is 0 Å². The van der Waals surface area contributed by atoms with Crippen molar-refractivity contribution in [2.45, 2.75) is 20.3 Å². The molecule has 1 aromatic carbocycles. The molecule has 1 amide bonds. The molecule has 0 saturated heterocycles. The number of benzene rings is 1. The Balaban J connectivity index is 2.12. The number of aromatic amines is 1. The summed E-state index contributed by atoms with van der Waals surface area (Å²) in [6.07, 6.45) is 0.379. The molecule has 0 aliphatic rings. The zero-order valence-electron chi connectivity index (χ0n) is 11.1. The Labute approximate surface area is 107 Å². The fourth-order valence-corrected chi connectivity index (χ4v) is 2.08. The van der Waals surface area contributed by atoms with Gasteiger partial charge >= 0.3 is 0 Å². The fourth-order valence-electron chi connectivity index (χ4n) is 2.08. The minimum absolute atomic E-state index is 0.123. The molecule has 0 radical (unpaired) electrons. The van der Waals surface area contributed by atoms with Crippen molar-refractivity contribution in [3.63, 3.8) is 0 Å². The molecular weight excluding hydrogens is 226 g/mol. The van der Waals surface area contributed by atoms with Gasteiger partial charge in [-0.25, -0.2) is 0 Å². The van der Waals surface area contributed by atoms with Crippen LogP contribution < -0.4 is 0 Å². The number of fused-ring (bicyclic) bond motifs is 1. The van der Waals surface area contributed by atoms with E-state index in [1.54, 1.807) is 4.90 Å². The van der Waals surface area contributed by atoms with Gasteiger partial charge in [-0.05, 0) is 12.0 Å². The van der Waals surface area contributed by atoms with Gasteiger partial charge in [0, 0.05) is 19.0 Å². The molecule has 1 aromatic heterocycles. The molecule has 1 heterocycles. The molecule has 4 nitrogen and oxygen atoms in total. The second-order valence-corrected chi connectivity index (χ2v) is 5.06. The van der Waals surface area contributed by atoms with Gasteiger partial charge in [0.2, 0.25) is 5.91 Å². The van der Waals surface area contributed by atoms with Gasteiger partial charge < -0.3 is 4.90 Å². The van der Waals surface area contributed by atoms with Crippen LogP contribution in [0.15, 0.2) is 24.3 Å². The monoisotopic (exact) mass is 245 g/mol. The summed E-state index contributed by atoms with van der Waals surface area (Å²) < 4.78 is 0. The highest BCUT2D eigenvalue weighted by molar-refractivity contribution is 5.87. The minimum Gasteiger partial charge on any atom is -0.345 e. The Bertz CT molecular complexity index is 545. The van der Waals surface area contributed by atoms with Crippen LogP contribution in [0.2, 0.25) is 0 Å². The van der Waals surface area contributed by atoms with Gasteiger partial charge in [0.1, 0.15) is 0 Å². The Morgan fingerprint density at radius 1 is 1.39 bits per heavy atom. The van der Waals surface area contributed by atoms with Crippen LogP contribution in [0.1, 0.15) is 19.5 Å². The van der Waals surface area contributed by atoms with Crippen LogP contribution in [0.5, 0.6) is 0 Å². The highest BCUT2D eigenvalue weighted by Gasteiger charge is 2.14. The van der Waals surface area contributed by atoms with Crippen molar-refractivity contribution >= 4 is 16.8 Å². The van der Waals surface area contributed by atoms with Gasteiger partial charge in [0.15, 0.2) is 0 Å². The first-order valence-electron chi connectivity index (χ1n) is 6.24. The molecule has 0 saturated carbocycles. The second-order valence-electron chi connectivity index (χ2n) is 5.06. The van der Waals surface area contributed by atoms with Crippen LogP contribution in [-0.2, 0) is 11.2 Å². The Kier molecular flexibility index (Phi) is 3.65. The lowest BCUT2D eigenvalue weighted by atomic mass is 10.1. The van der Waals surface area contributed by atoms with Crippen molar-refractivity contribution in [3.05, 3.63) is 30.0 Å². The van der Waals surface area contributed by atoms with E-state index >= 15 is 0 Å². The number of hydrogen-bond donors (Lipinski definition) is 1. The number of hydrogen-bond acceptors (Lipinski definition) is 2. The molecule has 18 heavy (non-hydrogen) atoms. The summed E-state index contributed by atoms with van der Waals surface area (Å²) in [4.78, 5) is 13.8. The van der Waals surface area contributed by atoms with Gasteiger partial charge in [0.05, 0.1) is 17.6 Å². The Morgan fingerprint density at radius 3 is 2.83 bits per heavy atom. The largest absolute Gasteiger partial charge is 0.345 e. The van der Waals surface area contributed by atoms with Crippen LogP contribution in [0.4, 0.5) is 0 Å². The zero-order chi connectivity index (χ0) is 13.1. The van der Waals surface area contributed by atoms with Crippen molar-refractivity contribution in [1.82, 2.24) is 15.1 Å². The molecule has 0 bridgehead atoms. The molecule has 0 fully saturated rings. The zero-order valence-corrected chi connectivity index (χ0v) is 11.1. The summed E-state index contributed by atoms with van der Waals surface area (Å²) in [5.41, 5.74) is 1.80. The summed E-state index contributed by atoms with van der Waals surface area (Å²) >= 11 is 0. The molecule has 96 valence electrons. The normalized spacial score (nSPS) is 11.1. The third-order valence-electron chi connectivity index (χ3n) is 2.93. The third-order valence-corrected chi connectivity index (χ3v) is 2.93. The van der Waals surface area contributed by atoms with Gasteiger partial charge in [-0.1, -0.05) is 32.0 Å². The van der Waals surface area contributed by atoms with Crippen molar-refractivity contribution < 1.29 is 4.79 Å². The van der Waals surface area contributed by atoms with E-state index in [4.69, 9.17) is 0 Å². The van der Waals surface area contributed by atoms with Gasteiger partial charge in [-0.15, -0.1) is 0 Å². The topological polar surface area (TPSA) is 49.0 Å². The number of rotatable bonds is 4. The van der Waals surface area contributed by atoms with E-state index in [9.17, 15) is 4.79 Å². The van der Waals surface area contributed by atoms with Crippen LogP contribution in [0.3, 0.4) is 0 Å². The summed E-state index contributed by atoms with van der Waals surface area (Å²) in [7, 11) is 1.85. The lowest BCUT2D eigenvalue weighted by Gasteiger charge is -2.18. The van der Waals surface area contributed by atoms with Gasteiger partial charge in [-0.3, -0.25) is 9.89 Å². The number of likely N-dealkylation sites (N-methyl/N-ethyl adjacent to an activating group) is 1. The first-order chi connectivity index (χ1) is 8.58. The average molecular weight is 245 g/mol. The first-order valence-corrected chi connectivity index (χ1v) is 6.24. The molecular formula is C14H19N3O. The predicted molar refractivity (Wildman–Crippen MR) is 72.3 cm³/mol. The number of nitrogens with zero attached hydrogens (tertiary/aromatic N) is 2. The van der Waals surface area contributed by atoms with E-state index in [1.807, 2.05) is 31.3 Å². The summed E-state index contributed by atoms with van der Waals surface area (Å²) in [5, 5.41) is 8.18. The number of carbonyl (C=O) groups is 1. The molecule has 2 rings (SSSR count). The summed E-state index contributed by atoms with van der Waals surface area (Å²) in [5.74, 6) is 0.607. The van der Waals surface area contributed by atoms with E-state index in [0.29, 0.717) is 12.3 Å². The highest BCUT2D eigenvalue weighted by atomic mass is 16.2. The number of para-hydroxylation sites is 1. The van der Waals surface area contributed by atoms with Crippen LogP contribution in [-0.4, -0.2) is 34.6 Å². The lowest BCUT2D eigenvalue weighted by Crippen LogP contribution is -2.31. The average Bonchev–Trinajstić information content (AvgIpc) is 2.72. The van der Waals surface area contributed by atoms with Crippen LogP contribution in [0, 0.1) is 5.92 Å². The molecule has 0 aliphatic carbocycles. The molecule has 0 aliphatic heterocycles. The minimum atomic E-state index is 0.123. The quantitative estimate of drug-likeness (QED) is 0.898. The maximum Gasteiger partial charge on any atom is 0.228 e. The number of nitrogens with one attached hydrogen (secondary N) is 1. The molecule has 0 atom stereocenters. The number of amides is 1.